The van der Waals surface area contributed by atoms with Gasteiger partial charge in [0.1, 0.15) is 89.5 Å². The third-order valence-electron chi connectivity index (χ3n) is 26.1. The third-order valence-corrected chi connectivity index (χ3v) is 27.9. The molecule has 2 saturated heterocycles. The van der Waals surface area contributed by atoms with Gasteiger partial charge < -0.3 is 140 Å². The Hall–Kier alpha value is -9.13. The van der Waals surface area contributed by atoms with Crippen molar-refractivity contribution in [3.8, 4) is 57.1 Å². The summed E-state index contributed by atoms with van der Waals surface area (Å²) in [5.41, 5.74) is 2.69. The van der Waals surface area contributed by atoms with E-state index < -0.39 is 235 Å². The van der Waals surface area contributed by atoms with E-state index in [0.717, 1.165) is 88.2 Å². The molecular formula is C93H132Cl2N11O27P. The Labute approximate surface area is 790 Å². The van der Waals surface area contributed by atoms with Gasteiger partial charge in [-0.25, -0.2) is 4.79 Å². The number of aliphatic hydroxyl groups excluding tert-OH is 4. The maximum Gasteiger partial charge on any atom is 0.341 e. The van der Waals surface area contributed by atoms with E-state index in [-0.39, 0.29) is 79.9 Å². The van der Waals surface area contributed by atoms with Crippen molar-refractivity contribution in [2.75, 3.05) is 89.7 Å². The number of rotatable bonds is 34. The summed E-state index contributed by atoms with van der Waals surface area (Å²) in [4.78, 5) is 138. The van der Waals surface area contributed by atoms with E-state index in [9.17, 15) is 54.5 Å². The molecule has 0 radical (unpaired) electrons. The van der Waals surface area contributed by atoms with Crippen molar-refractivity contribution in [2.45, 2.75) is 236 Å². The van der Waals surface area contributed by atoms with Crippen molar-refractivity contribution in [3.05, 3.63) is 116 Å². The number of nitrogens with one attached hydrogen (secondary N) is 7. The minimum absolute atomic E-state index is 0.0137. The number of carbonyl (C=O) groups is 8. The van der Waals surface area contributed by atoms with E-state index in [1.165, 1.54) is 83.3 Å². The van der Waals surface area contributed by atoms with Gasteiger partial charge in [-0.05, 0) is 174 Å². The van der Waals surface area contributed by atoms with Crippen molar-refractivity contribution in [3.63, 3.8) is 0 Å². The first-order chi connectivity index (χ1) is 63.3. The molecule has 5 aromatic rings. The summed E-state index contributed by atoms with van der Waals surface area (Å²) in [7, 11) is 6.97. The molecule has 134 heavy (non-hydrogen) atoms. The van der Waals surface area contributed by atoms with Crippen LogP contribution in [0.25, 0.3) is 11.1 Å². The smallest absolute Gasteiger partial charge is 0.341 e. The number of ether oxygens (including phenoxy) is 10. The van der Waals surface area contributed by atoms with Gasteiger partial charge in [-0.2, -0.15) is 0 Å². The Morgan fingerprint density at radius 1 is 0.731 bits per heavy atom. The average Bonchev–Trinajstić information content (AvgIpc) is 0.730. The fourth-order valence-electron chi connectivity index (χ4n) is 18.6. The number of phenols is 2. The van der Waals surface area contributed by atoms with Crippen LogP contribution in [0.3, 0.4) is 0 Å². The number of amides is 7. The van der Waals surface area contributed by atoms with E-state index in [2.05, 4.69) is 71.8 Å². The van der Waals surface area contributed by atoms with Crippen molar-refractivity contribution < 1.29 is 130 Å². The zero-order valence-electron chi connectivity index (χ0n) is 79.1. The van der Waals surface area contributed by atoms with Crippen LogP contribution in [-0.2, 0) is 82.4 Å². The summed E-state index contributed by atoms with van der Waals surface area (Å²) in [6.45, 7) is 20.6. The molecule has 7 heterocycles. The van der Waals surface area contributed by atoms with Crippen LogP contribution in [0, 0.1) is 29.6 Å². The summed E-state index contributed by atoms with van der Waals surface area (Å²) >= 11 is 14.8. The van der Waals surface area contributed by atoms with Gasteiger partial charge in [0.15, 0.2) is 29.9 Å². The number of esters is 1. The summed E-state index contributed by atoms with van der Waals surface area (Å²) in [5.74, 6) is -11.5. The molecular weight excluding hydrogens is 1800 g/mol. The number of aliphatic hydroxyl groups is 4. The Kier molecular flexibility index (Phi) is 37.0. The molecule has 38 nitrogen and oxygen atoms in total. The summed E-state index contributed by atoms with van der Waals surface area (Å²) < 4.78 is 82.1. The largest absolute Gasteiger partial charge is 0.507 e. The lowest BCUT2D eigenvalue weighted by Crippen LogP contribution is -2.67. The first kappa shape index (κ1) is 107. The number of nitrogens with zero attached hydrogens (tertiary/aromatic N) is 3. The maximum atomic E-state index is 17.1. The van der Waals surface area contributed by atoms with Crippen LogP contribution in [0.15, 0.2) is 72.8 Å². The van der Waals surface area contributed by atoms with Gasteiger partial charge in [0.25, 0.3) is 0 Å². The summed E-state index contributed by atoms with van der Waals surface area (Å²) in [6.07, 6.45) is -12.6. The predicted molar refractivity (Wildman–Crippen MR) is 493 cm³/mol. The minimum Gasteiger partial charge on any atom is -0.507 e. The van der Waals surface area contributed by atoms with E-state index in [4.69, 9.17) is 80.8 Å². The van der Waals surface area contributed by atoms with E-state index in [0.29, 0.717) is 30.2 Å². The number of likely N-dealkylation sites (N-methyl/N-ethyl adjacent to an activating group) is 4. The Balaban J connectivity index is 1.21. The van der Waals surface area contributed by atoms with Crippen molar-refractivity contribution in [2.24, 2.45) is 35.3 Å². The third kappa shape index (κ3) is 24.5. The van der Waals surface area contributed by atoms with Crippen LogP contribution < -0.4 is 61.9 Å². The zero-order chi connectivity index (χ0) is 98.7. The monoisotopic (exact) mass is 1940 g/mol. The predicted octanol–water partition coefficient (Wildman–Crippen LogP) is 7.45. The SMILES string of the molecule is CCC(C)CC(C)CC(C)CC(C)CNCC(C)N(C)[C@@]1(C)CC(O[C@H]2[C@H](Oc3c4cc5cc3Oc3ccc(cc3Cl)[C@@H](OC)[C@@H]3NC(=O)[C@@H](c6ccc(O)c(c6)-c6c(cc(OC)c(CNCP(=O)(O)OC)c6O)C(C(=O)OC)N(C)C3=O)N(C)C(=O)C5NC(=O)[C@H](CC(N)=O)NC(=O)[C@H](NC(=O)[C@@H](CC(C)C)NC)[C@H](O)c3ccc(c(Cl)c3)O4)O[C@H](CO)[C@@H](OC)[C@@H]2O)O[C@@H](C)[C@H]1O. The number of nitrogens with two attached hydrogens (primary N) is 1. The molecule has 0 saturated carbocycles. The number of phenolic OH excluding ortho intramolecular Hbond substituents is 2. The summed E-state index contributed by atoms with van der Waals surface area (Å²) in [6, 6.07) is 0.772. The first-order valence-electron chi connectivity index (χ1n) is 44.8. The van der Waals surface area contributed by atoms with Crippen molar-refractivity contribution in [1.82, 2.24) is 51.9 Å². The Bertz CT molecular complexity index is 5060. The van der Waals surface area contributed by atoms with Gasteiger partial charge in [0.05, 0.1) is 72.9 Å². The molecule has 740 valence electrons. The molecule has 7 aliphatic heterocycles. The van der Waals surface area contributed by atoms with Crippen LogP contribution in [0.1, 0.15) is 178 Å². The highest BCUT2D eigenvalue weighted by molar-refractivity contribution is 7.52. The molecule has 7 aliphatic rings. The minimum atomic E-state index is -4.31. The van der Waals surface area contributed by atoms with Crippen LogP contribution >= 0.6 is 30.8 Å². The molecule has 0 aromatic heterocycles. The molecule has 11 bridgehead atoms. The number of aromatic hydroxyl groups is 2. The van der Waals surface area contributed by atoms with Crippen molar-refractivity contribution in [1.29, 1.82) is 0 Å². The molecule has 0 spiro atoms. The highest BCUT2D eigenvalue weighted by Crippen LogP contribution is 2.53. The fourth-order valence-corrected chi connectivity index (χ4v) is 19.5. The van der Waals surface area contributed by atoms with Crippen LogP contribution in [0.5, 0.6) is 46.0 Å². The second-order valence-corrected chi connectivity index (χ2v) is 39.3. The number of hydrogen-bond acceptors (Lipinski definition) is 30. The molecule has 24 atom stereocenters. The van der Waals surface area contributed by atoms with Crippen LogP contribution in [0.2, 0.25) is 10.0 Å². The second kappa shape index (κ2) is 46.3. The summed E-state index contributed by atoms with van der Waals surface area (Å²) in [5, 5.41) is 93.5. The molecule has 16 N–H and O–H groups in total. The number of fused-ring (bicyclic) bond motifs is 15. The molecule has 5 aromatic carbocycles. The van der Waals surface area contributed by atoms with Gasteiger partial charge in [0, 0.05) is 77.7 Å². The molecule has 12 rings (SSSR count). The molecule has 0 aliphatic carbocycles. The lowest BCUT2D eigenvalue weighted by atomic mass is 9.82. The number of methoxy groups -OCH3 is 4. The first-order valence-corrected chi connectivity index (χ1v) is 47.4. The van der Waals surface area contributed by atoms with Crippen LogP contribution in [-0.4, -0.2) is 272 Å². The van der Waals surface area contributed by atoms with E-state index in [1.807, 2.05) is 39.6 Å². The number of hydrogen-bond donors (Lipinski definition) is 15. The van der Waals surface area contributed by atoms with Gasteiger partial charge in [-0.1, -0.05) is 96.3 Å². The van der Waals surface area contributed by atoms with Gasteiger partial charge in [-0.15, -0.1) is 0 Å². The number of benzene rings is 5. The lowest BCUT2D eigenvalue weighted by molar-refractivity contribution is -0.340. The molecule has 9 unspecified atom stereocenters. The lowest BCUT2D eigenvalue weighted by Gasteiger charge is -2.53. The average molecular weight is 1940 g/mol. The van der Waals surface area contributed by atoms with E-state index >= 15 is 24.0 Å². The normalized spacial score (nSPS) is 27.0. The van der Waals surface area contributed by atoms with Crippen LogP contribution in [0.4, 0.5) is 0 Å². The highest BCUT2D eigenvalue weighted by Gasteiger charge is 2.55. The standard InChI is InChI=1S/C93H132Cl2N11O27P/c1-20-45(4)28-46(5)29-47(6)30-48(7)39-98-40-49(8)106(14)93(10)38-70(128-50(9)84(93)113)132-83-79(112)82(125-17)68(42-107)131-92(83)133-81-66-34-54-35-67(81)130-64-26-23-53(33-59(64)95)80(124-16)74-90(119)105(13)76(91(120)126-18)56-36-65(123-15)57(41-99-43-134(121,122)127-19)78(111)71(56)55-31-51(21-24-62(55)108)75(88(117)103-74)104(12)89(118)72(54)101-86(115)61(37-69(96)109)100-87(116)73(102-85(114)60(97-11)27-44(2)3)77(110)52-22-25-63(129-66)58(94)32-52/h21-26,31-36,44-50,60-61,68,70,72-77,79-80,82-84,92,97-99,107-108,110-113H,20,27-30,37-43H2,1-19H3,(H2,96,109)(H,100,116)(H,101,115)(H,102,114)(H,103,117)(H,121,122)/t45?,46?,47?,48?,49?,50-,60+,61-,68+,70?,72?,73+,74-,75+,76?,77+,79-,80+,82+,83+,84+,92-,93-/m0/s1. The van der Waals surface area contributed by atoms with Gasteiger partial charge in [-0.3, -0.25) is 43.0 Å². The maximum absolute atomic E-state index is 17.1. The number of primary amides is 1. The van der Waals surface area contributed by atoms with Crippen molar-refractivity contribution >= 4 is 78.1 Å². The topological polar surface area (TPSA) is 517 Å². The number of halogens is 2. The number of carbonyl (C=O) groups excluding carboxylic acids is 8. The molecule has 7 amide bonds. The highest BCUT2D eigenvalue weighted by atomic mass is 35.5. The fraction of sp³-hybridized carbons (Fsp3) is 0.591. The van der Waals surface area contributed by atoms with Gasteiger partial charge in [0.2, 0.25) is 53.4 Å². The Morgan fingerprint density at radius 3 is 1.94 bits per heavy atom. The molecule has 41 heteroatoms. The molecule has 2 fully saturated rings. The quantitative estimate of drug-likeness (QED) is 0.0140. The van der Waals surface area contributed by atoms with Gasteiger partial charge >= 0.3 is 13.6 Å². The zero-order valence-corrected chi connectivity index (χ0v) is 81.5. The Morgan fingerprint density at radius 2 is 1.36 bits per heavy atom. The van der Waals surface area contributed by atoms with E-state index in [1.54, 1.807) is 6.92 Å². The second-order valence-electron chi connectivity index (χ2n) is 36.5.